The third-order valence-corrected chi connectivity index (χ3v) is 5.00. The maximum atomic E-state index is 12.9. The Morgan fingerprint density at radius 1 is 1.07 bits per heavy atom. The average molecular weight is 358 g/mol. The topological polar surface area (TPSA) is 51.9 Å². The van der Waals surface area contributed by atoms with E-state index in [1.807, 2.05) is 97.1 Å². The minimum Gasteiger partial charge on any atom is -0.350 e. The van der Waals surface area contributed by atoms with Crippen LogP contribution in [0.2, 0.25) is 0 Å². The highest BCUT2D eigenvalue weighted by Gasteiger charge is 2.19. The lowest BCUT2D eigenvalue weighted by Crippen LogP contribution is -2.26. The first kappa shape index (κ1) is 17.1. The van der Waals surface area contributed by atoms with E-state index in [2.05, 4.69) is 10.4 Å². The van der Waals surface area contributed by atoms with Gasteiger partial charge in [-0.25, -0.2) is 4.68 Å². The van der Waals surface area contributed by atoms with Crippen LogP contribution in [-0.2, 0) is 7.05 Å². The number of hydrogen-bond acceptors (Lipinski definition) is 2. The number of rotatable bonds is 4. The SMILES string of the molecule is Cc1c([C@H](C)NC(=O)c2cn(C)c3ccccc23)cnn1-c1ccccc1. The second-order valence-electron chi connectivity index (χ2n) is 6.80. The van der Waals surface area contributed by atoms with E-state index in [-0.39, 0.29) is 11.9 Å². The molecule has 1 atom stereocenters. The summed E-state index contributed by atoms with van der Waals surface area (Å²) in [5.41, 5.74) is 4.77. The highest BCUT2D eigenvalue weighted by Crippen LogP contribution is 2.23. The van der Waals surface area contributed by atoms with Crippen molar-refractivity contribution >= 4 is 16.8 Å². The molecule has 4 aromatic rings. The van der Waals surface area contributed by atoms with Crippen molar-refractivity contribution in [2.75, 3.05) is 0 Å². The van der Waals surface area contributed by atoms with E-state index in [0.29, 0.717) is 5.56 Å². The van der Waals surface area contributed by atoms with Gasteiger partial charge in [0.15, 0.2) is 0 Å². The van der Waals surface area contributed by atoms with Crippen molar-refractivity contribution in [3.8, 4) is 5.69 Å². The lowest BCUT2D eigenvalue weighted by Gasteiger charge is -2.14. The van der Waals surface area contributed by atoms with Crippen molar-refractivity contribution in [2.45, 2.75) is 19.9 Å². The van der Waals surface area contributed by atoms with Crippen molar-refractivity contribution in [2.24, 2.45) is 7.05 Å². The van der Waals surface area contributed by atoms with Crippen molar-refractivity contribution in [1.82, 2.24) is 19.7 Å². The van der Waals surface area contributed by atoms with Crippen LogP contribution in [0.25, 0.3) is 16.6 Å². The summed E-state index contributed by atoms with van der Waals surface area (Å²) in [6.07, 6.45) is 3.71. The Morgan fingerprint density at radius 2 is 1.78 bits per heavy atom. The maximum Gasteiger partial charge on any atom is 0.253 e. The molecule has 1 N–H and O–H groups in total. The molecule has 4 rings (SSSR count). The van der Waals surface area contributed by atoms with Gasteiger partial charge in [-0.2, -0.15) is 5.10 Å². The van der Waals surface area contributed by atoms with Gasteiger partial charge in [-0.15, -0.1) is 0 Å². The van der Waals surface area contributed by atoms with Gasteiger partial charge in [-0.3, -0.25) is 4.79 Å². The van der Waals surface area contributed by atoms with Gasteiger partial charge in [0.1, 0.15) is 0 Å². The Kier molecular flexibility index (Phi) is 4.28. The zero-order chi connectivity index (χ0) is 19.0. The number of amides is 1. The number of nitrogens with one attached hydrogen (secondary N) is 1. The number of carbonyl (C=O) groups excluding carboxylic acids is 1. The Labute approximate surface area is 158 Å². The predicted molar refractivity (Wildman–Crippen MR) is 107 cm³/mol. The summed E-state index contributed by atoms with van der Waals surface area (Å²) in [6, 6.07) is 17.8. The summed E-state index contributed by atoms with van der Waals surface area (Å²) in [6.45, 7) is 4.01. The quantitative estimate of drug-likeness (QED) is 0.595. The highest BCUT2D eigenvalue weighted by molar-refractivity contribution is 6.07. The van der Waals surface area contributed by atoms with Crippen molar-refractivity contribution in [3.05, 3.63) is 83.8 Å². The molecule has 0 aliphatic rings. The molecule has 0 saturated heterocycles. The van der Waals surface area contributed by atoms with Gasteiger partial charge in [0.05, 0.1) is 23.5 Å². The molecule has 0 aliphatic heterocycles. The smallest absolute Gasteiger partial charge is 0.253 e. The van der Waals surface area contributed by atoms with Crippen LogP contribution in [0.1, 0.15) is 34.6 Å². The molecule has 5 heteroatoms. The molecular formula is C22H22N4O. The van der Waals surface area contributed by atoms with Crippen molar-refractivity contribution in [3.63, 3.8) is 0 Å². The summed E-state index contributed by atoms with van der Waals surface area (Å²) in [5, 5.41) is 8.58. The Bertz CT molecular complexity index is 1110. The van der Waals surface area contributed by atoms with Gasteiger partial charge < -0.3 is 9.88 Å². The van der Waals surface area contributed by atoms with Gasteiger partial charge in [-0.1, -0.05) is 36.4 Å². The van der Waals surface area contributed by atoms with Crippen LogP contribution >= 0.6 is 0 Å². The molecule has 2 heterocycles. The molecule has 0 aliphatic carbocycles. The van der Waals surface area contributed by atoms with Gasteiger partial charge in [0.2, 0.25) is 0 Å². The lowest BCUT2D eigenvalue weighted by molar-refractivity contribution is 0.0941. The number of aryl methyl sites for hydroxylation is 1. The fourth-order valence-corrected chi connectivity index (χ4v) is 3.55. The molecule has 0 fully saturated rings. The monoisotopic (exact) mass is 358 g/mol. The van der Waals surface area contributed by atoms with Crippen LogP contribution < -0.4 is 5.32 Å². The van der Waals surface area contributed by atoms with E-state index in [1.54, 1.807) is 0 Å². The molecular weight excluding hydrogens is 336 g/mol. The van der Waals surface area contributed by atoms with E-state index in [1.165, 1.54) is 0 Å². The Hall–Kier alpha value is -3.34. The molecule has 5 nitrogen and oxygen atoms in total. The molecule has 136 valence electrons. The largest absolute Gasteiger partial charge is 0.350 e. The number of nitrogens with zero attached hydrogens (tertiary/aromatic N) is 3. The second-order valence-corrected chi connectivity index (χ2v) is 6.80. The lowest BCUT2D eigenvalue weighted by atomic mass is 10.1. The molecule has 0 bridgehead atoms. The highest BCUT2D eigenvalue weighted by atomic mass is 16.1. The molecule has 2 aromatic heterocycles. The summed E-state index contributed by atoms with van der Waals surface area (Å²) in [7, 11) is 1.95. The summed E-state index contributed by atoms with van der Waals surface area (Å²) < 4.78 is 3.88. The number of benzene rings is 2. The predicted octanol–water partition coefficient (Wildman–Crippen LogP) is 4.16. The first-order valence-electron chi connectivity index (χ1n) is 9.01. The van der Waals surface area contributed by atoms with E-state index in [9.17, 15) is 4.79 Å². The van der Waals surface area contributed by atoms with Gasteiger partial charge in [-0.05, 0) is 32.0 Å². The van der Waals surface area contributed by atoms with Crippen LogP contribution in [0.4, 0.5) is 0 Å². The molecule has 0 radical (unpaired) electrons. The number of fused-ring (bicyclic) bond motifs is 1. The van der Waals surface area contributed by atoms with Gasteiger partial charge >= 0.3 is 0 Å². The number of hydrogen-bond donors (Lipinski definition) is 1. The maximum absolute atomic E-state index is 12.9. The van der Waals surface area contributed by atoms with Crippen LogP contribution in [0.3, 0.4) is 0 Å². The van der Waals surface area contributed by atoms with Crippen molar-refractivity contribution in [1.29, 1.82) is 0 Å². The van der Waals surface area contributed by atoms with E-state index < -0.39 is 0 Å². The molecule has 0 unspecified atom stereocenters. The number of carbonyl (C=O) groups is 1. The first-order valence-corrected chi connectivity index (χ1v) is 9.01. The van der Waals surface area contributed by atoms with Crippen LogP contribution in [0, 0.1) is 6.92 Å². The molecule has 0 spiro atoms. The summed E-state index contributed by atoms with van der Waals surface area (Å²) in [4.78, 5) is 12.9. The first-order chi connectivity index (χ1) is 13.1. The van der Waals surface area contributed by atoms with Gasteiger partial charge in [0.25, 0.3) is 5.91 Å². The summed E-state index contributed by atoms with van der Waals surface area (Å²) in [5.74, 6) is -0.0776. The van der Waals surface area contributed by atoms with Gasteiger partial charge in [0, 0.05) is 35.4 Å². The van der Waals surface area contributed by atoms with Crippen molar-refractivity contribution < 1.29 is 4.79 Å². The third-order valence-electron chi connectivity index (χ3n) is 5.00. The normalized spacial score (nSPS) is 12.3. The minimum atomic E-state index is -0.145. The minimum absolute atomic E-state index is 0.0776. The number of aromatic nitrogens is 3. The molecule has 0 saturated carbocycles. The summed E-state index contributed by atoms with van der Waals surface area (Å²) >= 11 is 0. The standard InChI is InChI=1S/C22H22N4O/c1-15(19-13-23-26(16(19)2)17-9-5-4-6-10-17)24-22(27)20-14-25(3)21-12-8-7-11-18(20)21/h4-15H,1-3H3,(H,24,27)/t15-/m0/s1. The van der Waals surface area contributed by atoms with E-state index >= 15 is 0 Å². The zero-order valence-corrected chi connectivity index (χ0v) is 15.7. The molecule has 2 aromatic carbocycles. The zero-order valence-electron chi connectivity index (χ0n) is 15.7. The van der Waals surface area contributed by atoms with Crippen LogP contribution in [0.5, 0.6) is 0 Å². The Morgan fingerprint density at radius 3 is 2.56 bits per heavy atom. The van der Waals surface area contributed by atoms with E-state index in [0.717, 1.165) is 27.8 Å². The second kappa shape index (κ2) is 6.76. The fraction of sp³-hybridized carbons (Fsp3) is 0.182. The molecule has 1 amide bonds. The fourth-order valence-electron chi connectivity index (χ4n) is 3.55. The Balaban J connectivity index is 1.60. The van der Waals surface area contributed by atoms with Crippen LogP contribution in [0.15, 0.2) is 67.0 Å². The average Bonchev–Trinajstić information content (AvgIpc) is 3.23. The molecule has 27 heavy (non-hydrogen) atoms. The third kappa shape index (κ3) is 3.01. The number of para-hydroxylation sites is 2. The van der Waals surface area contributed by atoms with Crippen LogP contribution in [-0.4, -0.2) is 20.3 Å². The van der Waals surface area contributed by atoms with E-state index in [4.69, 9.17) is 0 Å².